The zero-order valence-electron chi connectivity index (χ0n) is 13.6. The van der Waals surface area contributed by atoms with Gasteiger partial charge in [-0.05, 0) is 18.2 Å². The predicted octanol–water partition coefficient (Wildman–Crippen LogP) is 2.53. The van der Waals surface area contributed by atoms with E-state index in [0.717, 1.165) is 29.9 Å². The monoisotopic (exact) mass is 310 g/mol. The second-order valence-corrected chi connectivity index (χ2v) is 5.58. The van der Waals surface area contributed by atoms with Crippen LogP contribution in [-0.2, 0) is 15.1 Å². The number of fused-ring (bicyclic) bond motifs is 1. The van der Waals surface area contributed by atoms with Gasteiger partial charge in [0.1, 0.15) is 0 Å². The van der Waals surface area contributed by atoms with Crippen molar-refractivity contribution < 1.29 is 9.53 Å². The minimum absolute atomic E-state index is 0.0229. The number of rotatable bonds is 6. The Morgan fingerprint density at radius 1 is 1.09 bits per heavy atom. The number of hydrogen-bond acceptors (Lipinski definition) is 3. The van der Waals surface area contributed by atoms with Gasteiger partial charge in [0.15, 0.2) is 5.60 Å². The lowest BCUT2D eigenvalue weighted by atomic mass is 9.87. The van der Waals surface area contributed by atoms with Crippen LogP contribution in [0.4, 0.5) is 5.69 Å². The molecule has 0 spiro atoms. The number of para-hydroxylation sites is 1. The maximum absolute atomic E-state index is 13.3. The fraction of sp³-hybridized carbons (Fsp3) is 0.316. The molecule has 1 heterocycles. The molecule has 2 aromatic rings. The molecule has 4 heteroatoms. The summed E-state index contributed by atoms with van der Waals surface area (Å²) in [5.74, 6) is -0.0229. The normalized spacial score (nSPS) is 19.9. The molecule has 3 rings (SSSR count). The number of likely N-dealkylation sites (N-methyl/N-ethyl adjacent to an activating group) is 1. The minimum atomic E-state index is -1.05. The lowest BCUT2D eigenvalue weighted by Crippen LogP contribution is -2.44. The average molecular weight is 310 g/mol. The fourth-order valence-corrected chi connectivity index (χ4v) is 3.28. The Morgan fingerprint density at radius 3 is 2.48 bits per heavy atom. The van der Waals surface area contributed by atoms with Gasteiger partial charge in [0.05, 0.1) is 5.69 Å². The number of carbonyl (C=O) groups excluding carboxylic acids is 1. The first kappa shape index (κ1) is 15.7. The summed E-state index contributed by atoms with van der Waals surface area (Å²) in [7, 11) is 1.61. The van der Waals surface area contributed by atoms with E-state index in [2.05, 4.69) is 12.2 Å². The molecular weight excluding hydrogens is 288 g/mol. The summed E-state index contributed by atoms with van der Waals surface area (Å²) in [6, 6.07) is 17.6. The zero-order chi connectivity index (χ0) is 16.3. The van der Waals surface area contributed by atoms with E-state index in [-0.39, 0.29) is 5.91 Å². The standard InChI is InChI=1S/C19H22N2O2/c1-3-20-13-14-21-17-12-8-7-11-16(17)19(23-2,18(21)22)15-9-5-4-6-10-15/h4-12,20H,3,13-14H2,1-2H3. The largest absolute Gasteiger partial charge is 0.359 e. The smallest absolute Gasteiger partial charge is 0.268 e. The van der Waals surface area contributed by atoms with Crippen LogP contribution in [0.25, 0.3) is 0 Å². The third-order valence-corrected chi connectivity index (χ3v) is 4.37. The van der Waals surface area contributed by atoms with E-state index < -0.39 is 5.60 Å². The van der Waals surface area contributed by atoms with Crippen molar-refractivity contribution in [2.45, 2.75) is 12.5 Å². The molecule has 4 nitrogen and oxygen atoms in total. The molecular formula is C19H22N2O2. The molecule has 1 aliphatic rings. The maximum atomic E-state index is 13.3. The topological polar surface area (TPSA) is 41.6 Å². The molecule has 0 saturated heterocycles. The van der Waals surface area contributed by atoms with E-state index in [0.29, 0.717) is 6.54 Å². The molecule has 2 aromatic carbocycles. The van der Waals surface area contributed by atoms with Gasteiger partial charge in [-0.15, -0.1) is 0 Å². The molecule has 1 aliphatic heterocycles. The number of nitrogens with zero attached hydrogens (tertiary/aromatic N) is 1. The molecule has 0 bridgehead atoms. The molecule has 0 fully saturated rings. The third-order valence-electron chi connectivity index (χ3n) is 4.37. The third kappa shape index (κ3) is 2.44. The van der Waals surface area contributed by atoms with Crippen LogP contribution in [0.1, 0.15) is 18.1 Å². The molecule has 1 amide bonds. The van der Waals surface area contributed by atoms with Crippen molar-refractivity contribution in [1.82, 2.24) is 5.32 Å². The van der Waals surface area contributed by atoms with Crippen LogP contribution in [-0.4, -0.2) is 32.7 Å². The van der Waals surface area contributed by atoms with Crippen LogP contribution in [0.2, 0.25) is 0 Å². The lowest BCUT2D eigenvalue weighted by Gasteiger charge is -2.28. The highest BCUT2D eigenvalue weighted by Crippen LogP contribution is 2.46. The van der Waals surface area contributed by atoms with Crippen molar-refractivity contribution in [2.75, 3.05) is 31.6 Å². The first-order valence-electron chi connectivity index (χ1n) is 7.98. The first-order valence-corrected chi connectivity index (χ1v) is 7.98. The maximum Gasteiger partial charge on any atom is 0.268 e. The van der Waals surface area contributed by atoms with Gasteiger partial charge in [0.25, 0.3) is 5.91 Å². The zero-order valence-corrected chi connectivity index (χ0v) is 13.6. The number of hydrogen-bond donors (Lipinski definition) is 1. The van der Waals surface area contributed by atoms with Crippen molar-refractivity contribution in [3.05, 3.63) is 65.7 Å². The molecule has 1 unspecified atom stereocenters. The van der Waals surface area contributed by atoms with Crippen LogP contribution in [0, 0.1) is 0 Å². The van der Waals surface area contributed by atoms with Crippen molar-refractivity contribution in [2.24, 2.45) is 0 Å². The predicted molar refractivity (Wildman–Crippen MR) is 91.6 cm³/mol. The van der Waals surface area contributed by atoms with Crippen molar-refractivity contribution in [3.63, 3.8) is 0 Å². The Balaban J connectivity index is 2.09. The number of benzene rings is 2. The Hall–Kier alpha value is -2.17. The van der Waals surface area contributed by atoms with Crippen LogP contribution < -0.4 is 10.2 Å². The highest BCUT2D eigenvalue weighted by molar-refractivity contribution is 6.09. The van der Waals surface area contributed by atoms with E-state index in [1.54, 1.807) is 7.11 Å². The Morgan fingerprint density at radius 2 is 1.78 bits per heavy atom. The molecule has 0 radical (unpaired) electrons. The summed E-state index contributed by atoms with van der Waals surface area (Å²) in [5, 5.41) is 3.28. The molecule has 23 heavy (non-hydrogen) atoms. The number of anilines is 1. The van der Waals surface area contributed by atoms with E-state index in [1.165, 1.54) is 0 Å². The number of methoxy groups -OCH3 is 1. The summed E-state index contributed by atoms with van der Waals surface area (Å²) >= 11 is 0. The molecule has 1 N–H and O–H groups in total. The summed E-state index contributed by atoms with van der Waals surface area (Å²) in [5.41, 5.74) is 1.66. The van der Waals surface area contributed by atoms with Crippen molar-refractivity contribution in [1.29, 1.82) is 0 Å². The van der Waals surface area contributed by atoms with Gasteiger partial charge in [-0.2, -0.15) is 0 Å². The van der Waals surface area contributed by atoms with Crippen LogP contribution >= 0.6 is 0 Å². The first-order chi connectivity index (χ1) is 11.3. The molecule has 0 aromatic heterocycles. The highest BCUT2D eigenvalue weighted by Gasteiger charge is 2.52. The fourth-order valence-electron chi connectivity index (χ4n) is 3.28. The van der Waals surface area contributed by atoms with Gasteiger partial charge in [0, 0.05) is 25.8 Å². The average Bonchev–Trinajstić information content (AvgIpc) is 2.85. The Kier molecular flexibility index (Phi) is 4.46. The molecule has 1 atom stereocenters. The lowest BCUT2D eigenvalue weighted by molar-refractivity contribution is -0.135. The van der Waals surface area contributed by atoms with Crippen LogP contribution in [0.3, 0.4) is 0 Å². The van der Waals surface area contributed by atoms with Crippen molar-refractivity contribution in [3.8, 4) is 0 Å². The number of amides is 1. The van der Waals surface area contributed by atoms with Gasteiger partial charge in [-0.25, -0.2) is 0 Å². The van der Waals surface area contributed by atoms with Crippen LogP contribution in [0.15, 0.2) is 54.6 Å². The summed E-state index contributed by atoms with van der Waals surface area (Å²) < 4.78 is 5.85. The van der Waals surface area contributed by atoms with Crippen LogP contribution in [0.5, 0.6) is 0 Å². The Labute approximate surface area is 137 Å². The van der Waals surface area contributed by atoms with E-state index in [1.807, 2.05) is 59.5 Å². The quantitative estimate of drug-likeness (QED) is 0.834. The molecule has 120 valence electrons. The highest BCUT2D eigenvalue weighted by atomic mass is 16.5. The number of nitrogens with one attached hydrogen (secondary N) is 1. The minimum Gasteiger partial charge on any atom is -0.359 e. The van der Waals surface area contributed by atoms with Gasteiger partial charge in [-0.3, -0.25) is 4.79 Å². The second-order valence-electron chi connectivity index (χ2n) is 5.58. The second kappa shape index (κ2) is 6.52. The van der Waals surface area contributed by atoms with Gasteiger partial charge in [0.2, 0.25) is 0 Å². The van der Waals surface area contributed by atoms with E-state index in [9.17, 15) is 4.79 Å². The van der Waals surface area contributed by atoms with Gasteiger partial charge < -0.3 is 15.0 Å². The molecule has 0 saturated carbocycles. The van der Waals surface area contributed by atoms with Crippen molar-refractivity contribution >= 4 is 11.6 Å². The van der Waals surface area contributed by atoms with Gasteiger partial charge >= 0.3 is 0 Å². The summed E-state index contributed by atoms with van der Waals surface area (Å²) in [4.78, 5) is 15.1. The summed E-state index contributed by atoms with van der Waals surface area (Å²) in [6.07, 6.45) is 0. The van der Waals surface area contributed by atoms with E-state index >= 15 is 0 Å². The van der Waals surface area contributed by atoms with Gasteiger partial charge in [-0.1, -0.05) is 55.5 Å². The SMILES string of the molecule is CCNCCN1C(=O)C(OC)(c2ccccc2)c2ccccc21. The number of carbonyl (C=O) groups is 1. The Bertz CT molecular complexity index is 687. The molecule has 0 aliphatic carbocycles. The number of ether oxygens (including phenoxy) is 1. The van der Waals surface area contributed by atoms with E-state index in [4.69, 9.17) is 4.74 Å². The summed E-state index contributed by atoms with van der Waals surface area (Å²) in [6.45, 7) is 4.33.